The Balaban J connectivity index is 0.000000241. The third-order valence-electron chi connectivity index (χ3n) is 10.8. The van der Waals surface area contributed by atoms with Gasteiger partial charge in [0.2, 0.25) is 0 Å². The fourth-order valence-corrected chi connectivity index (χ4v) is 8.96. The monoisotopic (exact) mass is 1210 g/mol. The Morgan fingerprint density at radius 3 is 1.61 bits per heavy atom. The molecule has 0 unspecified atom stereocenters. The second-order valence-electron chi connectivity index (χ2n) is 15.9. The summed E-state index contributed by atoms with van der Waals surface area (Å²) in [6.07, 6.45) is 0. The number of anilines is 1. The Labute approximate surface area is 481 Å². The molecule has 0 saturated heterocycles. The van der Waals surface area contributed by atoms with Gasteiger partial charge in [0.1, 0.15) is 44.0 Å². The Bertz CT molecular complexity index is 3830. The summed E-state index contributed by atoms with van der Waals surface area (Å²) < 4.78 is 77.9. The SMILES string of the molecule is CCOc1ccccc1N=C([O-])c1cc2ccccc2c(N=Nc2cc(Cl)c(C)cc2S(=O)(=O)O)c1[O-].CCOc1ccccc1NC(=O)c1cc2ccccc2c(N=Nc2cc(Cl)c(C)cc2S(=O)(=O)O)c1O.[Ba+2]. The molecular formula is C52H42BaCl2N6O12S2. The number of rotatable bonds is 14. The summed E-state index contributed by atoms with van der Waals surface area (Å²) in [4.78, 5) is 16.3. The molecule has 0 radical (unpaired) electrons. The number of carbonyl (C=O) groups is 1. The number of carbonyl (C=O) groups excluding carboxylic acids is 1. The maximum Gasteiger partial charge on any atom is 2.00 e. The molecule has 380 valence electrons. The van der Waals surface area contributed by atoms with Crippen molar-refractivity contribution < 1.29 is 55.5 Å². The molecule has 4 N–H and O–H groups in total. The largest absolute Gasteiger partial charge is 2.00 e. The maximum absolute atomic E-state index is 13.4. The molecule has 18 nitrogen and oxygen atoms in total. The maximum atomic E-state index is 13.4. The first-order valence-corrected chi connectivity index (χ1v) is 25.7. The second-order valence-corrected chi connectivity index (χ2v) is 19.4. The average Bonchev–Trinajstić information content (AvgIpc) is 3.35. The number of azo groups is 2. The number of nitrogens with zero attached hydrogens (tertiary/aromatic N) is 5. The summed E-state index contributed by atoms with van der Waals surface area (Å²) in [6, 6.07) is 34.8. The van der Waals surface area contributed by atoms with Crippen molar-refractivity contribution in [3.05, 3.63) is 166 Å². The summed E-state index contributed by atoms with van der Waals surface area (Å²) in [7, 11) is -9.31. The van der Waals surface area contributed by atoms with E-state index in [2.05, 4.69) is 30.8 Å². The van der Waals surface area contributed by atoms with Crippen LogP contribution in [0.25, 0.3) is 21.5 Å². The predicted octanol–water partition coefficient (Wildman–Crippen LogP) is 11.8. The van der Waals surface area contributed by atoms with Crippen molar-refractivity contribution in [2.45, 2.75) is 37.5 Å². The molecule has 0 saturated carbocycles. The van der Waals surface area contributed by atoms with Crippen molar-refractivity contribution in [1.82, 2.24) is 0 Å². The molecule has 8 aromatic rings. The van der Waals surface area contributed by atoms with Gasteiger partial charge in [-0.3, -0.25) is 18.9 Å². The molecule has 0 atom stereocenters. The van der Waals surface area contributed by atoms with Crippen molar-refractivity contribution in [1.29, 1.82) is 0 Å². The number of hydrogen-bond acceptors (Lipinski definition) is 15. The van der Waals surface area contributed by atoms with Crippen LogP contribution in [0.3, 0.4) is 0 Å². The van der Waals surface area contributed by atoms with Gasteiger partial charge in [-0.1, -0.05) is 102 Å². The molecule has 23 heteroatoms. The average molecular weight is 1220 g/mol. The van der Waals surface area contributed by atoms with E-state index >= 15 is 0 Å². The quantitative estimate of drug-likeness (QED) is 0.0260. The van der Waals surface area contributed by atoms with Crippen LogP contribution >= 0.6 is 23.2 Å². The summed E-state index contributed by atoms with van der Waals surface area (Å²) in [6.45, 7) is 7.51. The zero-order chi connectivity index (χ0) is 53.5. The van der Waals surface area contributed by atoms with Crippen molar-refractivity contribution in [3.63, 3.8) is 0 Å². The Kier molecular flexibility index (Phi) is 19.3. The van der Waals surface area contributed by atoms with Crippen molar-refractivity contribution in [2.75, 3.05) is 18.5 Å². The number of fused-ring (bicyclic) bond motifs is 2. The summed E-state index contributed by atoms with van der Waals surface area (Å²) in [5, 5.41) is 58.6. The molecule has 0 aliphatic heterocycles. The van der Waals surface area contributed by atoms with E-state index in [0.29, 0.717) is 63.1 Å². The van der Waals surface area contributed by atoms with E-state index in [0.717, 1.165) is 6.07 Å². The first kappa shape index (κ1) is 57.9. The normalized spacial score (nSPS) is 11.9. The molecule has 8 aromatic carbocycles. The number of benzene rings is 8. The number of hydrogen-bond donors (Lipinski definition) is 4. The third kappa shape index (κ3) is 13.7. The number of phenolic OH excluding ortho intramolecular Hbond substituents is 1. The van der Waals surface area contributed by atoms with Crippen LogP contribution in [0, 0.1) is 13.8 Å². The first-order valence-electron chi connectivity index (χ1n) is 22.1. The van der Waals surface area contributed by atoms with Crippen molar-refractivity contribution >= 4 is 160 Å². The summed E-state index contributed by atoms with van der Waals surface area (Å²) in [5.41, 5.74) is 0.362. The van der Waals surface area contributed by atoms with Gasteiger partial charge >= 0.3 is 48.9 Å². The fourth-order valence-electron chi connectivity index (χ4n) is 7.26. The van der Waals surface area contributed by atoms with Gasteiger partial charge < -0.3 is 30.1 Å². The predicted molar refractivity (Wildman–Crippen MR) is 284 cm³/mol. The van der Waals surface area contributed by atoms with Gasteiger partial charge in [-0.2, -0.15) is 21.9 Å². The molecular weight excluding hydrogens is 1170 g/mol. The summed E-state index contributed by atoms with van der Waals surface area (Å²) in [5.74, 6) is -1.80. The van der Waals surface area contributed by atoms with Crippen LogP contribution < -0.4 is 25.0 Å². The zero-order valence-electron chi connectivity index (χ0n) is 40.1. The van der Waals surface area contributed by atoms with E-state index in [-0.39, 0.29) is 98.5 Å². The molecule has 0 bridgehead atoms. The van der Waals surface area contributed by atoms with E-state index in [9.17, 15) is 46.1 Å². The van der Waals surface area contributed by atoms with Crippen LogP contribution in [0.4, 0.5) is 34.1 Å². The smallest absolute Gasteiger partial charge is 0.871 e. The number of ether oxygens (including phenoxy) is 2. The van der Waals surface area contributed by atoms with Crippen molar-refractivity contribution in [2.24, 2.45) is 25.4 Å². The van der Waals surface area contributed by atoms with Crippen LogP contribution in [0.15, 0.2) is 169 Å². The zero-order valence-corrected chi connectivity index (χ0v) is 47.7. The Hall–Kier alpha value is -6.41. The molecule has 0 fully saturated rings. The molecule has 0 spiro atoms. The van der Waals surface area contributed by atoms with E-state index in [1.54, 1.807) is 118 Å². The number of aromatic hydroxyl groups is 1. The van der Waals surface area contributed by atoms with E-state index < -0.39 is 53.3 Å². The standard InChI is InChI=1S/2C26H22ClN3O6S.Ba/c2*1-3-36-22-11-7-6-10-20(22)28-26(32)18-13-16-8-4-5-9-17(16)24(25(18)31)30-29-21-14-19(27)15(2)12-23(21)37(33,34)35;/h2*4-14,31H,3H2,1-2H3,(H,28,32)(H,33,34,35);/q;;+2/p-2. The van der Waals surface area contributed by atoms with Crippen LogP contribution in [-0.2, 0) is 20.2 Å². The number of aryl methyl sites for hydroxylation is 2. The van der Waals surface area contributed by atoms with Crippen LogP contribution in [0.1, 0.15) is 40.9 Å². The van der Waals surface area contributed by atoms with Gasteiger partial charge in [0.05, 0.1) is 30.2 Å². The van der Waals surface area contributed by atoms with Gasteiger partial charge in [-0.05, 0) is 122 Å². The molecule has 75 heavy (non-hydrogen) atoms. The molecule has 8 rings (SSSR count). The fraction of sp³-hybridized carbons (Fsp3) is 0.115. The van der Waals surface area contributed by atoms with E-state index in [1.165, 1.54) is 30.3 Å². The Morgan fingerprint density at radius 1 is 0.613 bits per heavy atom. The third-order valence-corrected chi connectivity index (χ3v) is 13.4. The molecule has 0 aliphatic carbocycles. The molecule has 0 aromatic heterocycles. The van der Waals surface area contributed by atoms with Crippen LogP contribution in [0.2, 0.25) is 10.0 Å². The van der Waals surface area contributed by atoms with Gasteiger partial charge in [-0.25, -0.2) is 0 Å². The number of phenols is 1. The molecule has 1 amide bonds. The number of aliphatic imine (C=N–C) groups is 1. The Morgan fingerprint density at radius 2 is 1.07 bits per heavy atom. The minimum absolute atomic E-state index is 0. The number of para-hydroxylation sites is 4. The van der Waals surface area contributed by atoms with Gasteiger partial charge in [0, 0.05) is 20.8 Å². The van der Waals surface area contributed by atoms with Gasteiger partial charge in [0.25, 0.3) is 26.1 Å². The summed E-state index contributed by atoms with van der Waals surface area (Å²) >= 11 is 12.2. The van der Waals surface area contributed by atoms with Crippen LogP contribution in [0.5, 0.6) is 23.0 Å². The van der Waals surface area contributed by atoms with Crippen molar-refractivity contribution in [3.8, 4) is 23.0 Å². The number of amides is 1. The minimum atomic E-state index is -4.67. The number of halogens is 2. The van der Waals surface area contributed by atoms with Gasteiger partial charge in [-0.15, -0.1) is 15.3 Å². The second kappa shape index (κ2) is 25.0. The van der Waals surface area contributed by atoms with E-state index in [4.69, 9.17) is 32.7 Å². The van der Waals surface area contributed by atoms with Crippen LogP contribution in [-0.4, -0.2) is 105 Å². The van der Waals surface area contributed by atoms with E-state index in [1.807, 2.05) is 6.92 Å². The molecule has 0 aliphatic rings. The number of nitrogens with one attached hydrogen (secondary N) is 1. The molecule has 0 heterocycles. The first-order chi connectivity index (χ1) is 35.2. The minimum Gasteiger partial charge on any atom is -0.871 e. The topological polar surface area (TPSA) is 284 Å². The van der Waals surface area contributed by atoms with Gasteiger partial charge in [0.15, 0.2) is 5.75 Å².